The van der Waals surface area contributed by atoms with Gasteiger partial charge in [0.05, 0.1) is 12.0 Å². The van der Waals surface area contributed by atoms with Crippen LogP contribution in [0, 0.1) is 17.2 Å². The van der Waals surface area contributed by atoms with Gasteiger partial charge in [-0.15, -0.1) is 0 Å². The Labute approximate surface area is 164 Å². The standard InChI is InChI=1S/C21H21ClN2O3/c1-3-24(13-15(2)12-23)20(25)14-27-19-10-6-17(7-11-19)21(26)16-4-8-18(22)9-5-16/h4-11,15H,3,13-14H2,1-2H3. The summed E-state index contributed by atoms with van der Waals surface area (Å²) in [5.41, 5.74) is 1.07. The Morgan fingerprint density at radius 3 is 2.19 bits per heavy atom. The van der Waals surface area contributed by atoms with Gasteiger partial charge in [0, 0.05) is 29.2 Å². The number of amides is 1. The quantitative estimate of drug-likeness (QED) is 0.646. The molecule has 0 saturated carbocycles. The number of likely N-dealkylation sites (N-methyl/N-ethyl adjacent to an activating group) is 1. The van der Waals surface area contributed by atoms with E-state index in [1.165, 1.54) is 0 Å². The van der Waals surface area contributed by atoms with Crippen molar-refractivity contribution < 1.29 is 14.3 Å². The highest BCUT2D eigenvalue weighted by Gasteiger charge is 2.15. The number of ketones is 1. The minimum atomic E-state index is -0.230. The van der Waals surface area contributed by atoms with Gasteiger partial charge < -0.3 is 9.64 Å². The Hall–Kier alpha value is -2.84. The molecule has 1 atom stereocenters. The number of nitrogens with zero attached hydrogens (tertiary/aromatic N) is 2. The van der Waals surface area contributed by atoms with E-state index < -0.39 is 0 Å². The zero-order valence-corrected chi connectivity index (χ0v) is 16.1. The maximum atomic E-state index is 12.4. The number of halogens is 1. The third-order valence-corrected chi connectivity index (χ3v) is 4.29. The van der Waals surface area contributed by atoms with Crippen LogP contribution >= 0.6 is 11.6 Å². The Kier molecular flexibility index (Phi) is 7.39. The molecule has 2 aromatic carbocycles. The van der Waals surface area contributed by atoms with E-state index in [2.05, 4.69) is 6.07 Å². The molecule has 0 saturated heterocycles. The van der Waals surface area contributed by atoms with E-state index in [1.54, 1.807) is 60.4 Å². The van der Waals surface area contributed by atoms with Crippen molar-refractivity contribution in [3.05, 3.63) is 64.7 Å². The van der Waals surface area contributed by atoms with Gasteiger partial charge in [0.1, 0.15) is 5.75 Å². The van der Waals surface area contributed by atoms with Crippen LogP contribution in [0.3, 0.4) is 0 Å². The van der Waals surface area contributed by atoms with Crippen molar-refractivity contribution >= 4 is 23.3 Å². The molecule has 2 aromatic rings. The van der Waals surface area contributed by atoms with Gasteiger partial charge in [-0.05, 0) is 62.4 Å². The summed E-state index contributed by atoms with van der Waals surface area (Å²) in [6.07, 6.45) is 0. The number of rotatable bonds is 8. The highest BCUT2D eigenvalue weighted by molar-refractivity contribution is 6.30. The Morgan fingerprint density at radius 1 is 1.11 bits per heavy atom. The number of carbonyl (C=O) groups excluding carboxylic acids is 2. The van der Waals surface area contributed by atoms with Crippen LogP contribution in [0.25, 0.3) is 0 Å². The maximum absolute atomic E-state index is 12.4. The summed E-state index contributed by atoms with van der Waals surface area (Å²) >= 11 is 5.84. The molecule has 0 fully saturated rings. The lowest BCUT2D eigenvalue weighted by atomic mass is 10.0. The summed E-state index contributed by atoms with van der Waals surface area (Å²) in [5, 5.41) is 9.46. The highest BCUT2D eigenvalue weighted by Crippen LogP contribution is 2.17. The van der Waals surface area contributed by atoms with Crippen LogP contribution in [0.2, 0.25) is 5.02 Å². The van der Waals surface area contributed by atoms with Gasteiger partial charge in [0.15, 0.2) is 12.4 Å². The van der Waals surface area contributed by atoms with Crippen LogP contribution in [0.4, 0.5) is 0 Å². The normalized spacial score (nSPS) is 11.3. The molecule has 0 spiro atoms. The van der Waals surface area contributed by atoms with Gasteiger partial charge in [-0.1, -0.05) is 11.6 Å². The minimum absolute atomic E-state index is 0.114. The monoisotopic (exact) mass is 384 g/mol. The van der Waals surface area contributed by atoms with E-state index in [-0.39, 0.29) is 24.2 Å². The highest BCUT2D eigenvalue weighted by atomic mass is 35.5. The molecule has 0 aliphatic heterocycles. The first-order chi connectivity index (χ1) is 12.9. The number of nitriles is 1. The fourth-order valence-electron chi connectivity index (χ4n) is 2.49. The van der Waals surface area contributed by atoms with Gasteiger partial charge in [-0.3, -0.25) is 9.59 Å². The Morgan fingerprint density at radius 2 is 1.67 bits per heavy atom. The molecule has 0 N–H and O–H groups in total. The predicted molar refractivity (Wildman–Crippen MR) is 104 cm³/mol. The van der Waals surface area contributed by atoms with E-state index in [4.69, 9.17) is 21.6 Å². The lowest BCUT2D eigenvalue weighted by Crippen LogP contribution is -2.37. The molecule has 1 amide bonds. The first-order valence-electron chi connectivity index (χ1n) is 8.65. The van der Waals surface area contributed by atoms with Crippen molar-refractivity contribution in [3.8, 4) is 11.8 Å². The van der Waals surface area contributed by atoms with Crippen molar-refractivity contribution in [2.45, 2.75) is 13.8 Å². The number of hydrogen-bond acceptors (Lipinski definition) is 4. The molecule has 5 nitrogen and oxygen atoms in total. The predicted octanol–water partition coefficient (Wildman–Crippen LogP) is 3.96. The number of carbonyl (C=O) groups is 2. The average molecular weight is 385 g/mol. The molecule has 0 radical (unpaired) electrons. The second-order valence-electron chi connectivity index (χ2n) is 6.11. The van der Waals surface area contributed by atoms with E-state index in [1.807, 2.05) is 6.92 Å². The second-order valence-corrected chi connectivity index (χ2v) is 6.55. The van der Waals surface area contributed by atoms with Crippen LogP contribution in [-0.4, -0.2) is 36.3 Å². The third kappa shape index (κ3) is 5.83. The maximum Gasteiger partial charge on any atom is 0.260 e. The van der Waals surface area contributed by atoms with Crippen molar-refractivity contribution in [2.24, 2.45) is 5.92 Å². The topological polar surface area (TPSA) is 70.4 Å². The lowest BCUT2D eigenvalue weighted by molar-refractivity contribution is -0.133. The fourth-order valence-corrected chi connectivity index (χ4v) is 2.61. The van der Waals surface area contributed by atoms with E-state index in [0.29, 0.717) is 35.0 Å². The molecule has 0 aliphatic carbocycles. The molecular formula is C21H21ClN2O3. The SMILES string of the molecule is CCN(CC(C)C#N)C(=O)COc1ccc(C(=O)c2ccc(Cl)cc2)cc1. The second kappa shape index (κ2) is 9.75. The zero-order chi connectivity index (χ0) is 19.8. The zero-order valence-electron chi connectivity index (χ0n) is 15.3. The van der Waals surface area contributed by atoms with Gasteiger partial charge in [0.2, 0.25) is 0 Å². The smallest absolute Gasteiger partial charge is 0.260 e. The van der Waals surface area contributed by atoms with Crippen molar-refractivity contribution in [1.82, 2.24) is 4.90 Å². The van der Waals surface area contributed by atoms with Crippen LogP contribution < -0.4 is 4.74 Å². The number of benzene rings is 2. The first-order valence-corrected chi connectivity index (χ1v) is 9.03. The molecule has 27 heavy (non-hydrogen) atoms. The summed E-state index contributed by atoms with van der Waals surface area (Å²) < 4.78 is 5.52. The van der Waals surface area contributed by atoms with Gasteiger partial charge in [0.25, 0.3) is 5.91 Å². The van der Waals surface area contributed by atoms with Crippen molar-refractivity contribution in [2.75, 3.05) is 19.7 Å². The average Bonchev–Trinajstić information content (AvgIpc) is 2.70. The summed E-state index contributed by atoms with van der Waals surface area (Å²) in [4.78, 5) is 26.2. The largest absolute Gasteiger partial charge is 0.484 e. The molecule has 6 heteroatoms. The van der Waals surface area contributed by atoms with E-state index >= 15 is 0 Å². The summed E-state index contributed by atoms with van der Waals surface area (Å²) in [5.74, 6) is -0.0229. The van der Waals surface area contributed by atoms with Gasteiger partial charge in [-0.25, -0.2) is 0 Å². The summed E-state index contributed by atoms with van der Waals surface area (Å²) in [6.45, 7) is 4.41. The van der Waals surface area contributed by atoms with Crippen molar-refractivity contribution in [3.63, 3.8) is 0 Å². The summed E-state index contributed by atoms with van der Waals surface area (Å²) in [6, 6.07) is 15.4. The van der Waals surface area contributed by atoms with E-state index in [0.717, 1.165) is 0 Å². The first kappa shape index (κ1) is 20.5. The molecular weight excluding hydrogens is 364 g/mol. The lowest BCUT2D eigenvalue weighted by Gasteiger charge is -2.22. The van der Waals surface area contributed by atoms with Crippen LogP contribution in [-0.2, 0) is 4.79 Å². The van der Waals surface area contributed by atoms with Gasteiger partial charge >= 0.3 is 0 Å². The fraction of sp³-hybridized carbons (Fsp3) is 0.286. The molecule has 140 valence electrons. The minimum Gasteiger partial charge on any atom is -0.484 e. The van der Waals surface area contributed by atoms with Crippen molar-refractivity contribution in [1.29, 1.82) is 5.26 Å². The molecule has 0 heterocycles. The van der Waals surface area contributed by atoms with Gasteiger partial charge in [-0.2, -0.15) is 5.26 Å². The van der Waals surface area contributed by atoms with Crippen LogP contribution in [0.15, 0.2) is 48.5 Å². The molecule has 1 unspecified atom stereocenters. The molecule has 0 bridgehead atoms. The molecule has 0 aliphatic rings. The number of hydrogen-bond donors (Lipinski definition) is 0. The van der Waals surface area contributed by atoms with Crippen LogP contribution in [0.5, 0.6) is 5.75 Å². The van der Waals surface area contributed by atoms with Crippen LogP contribution in [0.1, 0.15) is 29.8 Å². The third-order valence-electron chi connectivity index (χ3n) is 4.03. The Bertz CT molecular complexity index is 826. The Balaban J connectivity index is 1.95. The number of ether oxygens (including phenoxy) is 1. The van der Waals surface area contributed by atoms with E-state index in [9.17, 15) is 9.59 Å². The molecule has 2 rings (SSSR count). The summed E-state index contributed by atoms with van der Waals surface area (Å²) in [7, 11) is 0. The molecule has 0 aromatic heterocycles.